The molecule has 2 aromatic heterocycles. The standard InChI is InChI=1S/C31H30FN5O4S/c32-25-14-20(16-33)4-7-28(25)42-19-22-2-1-3-30(34-22)41-23-8-11-36(12-9-23)18-29-35-26-6-5-21(31(38)39)15-27(26)37(29)17-24-10-13-40-24/h1-7,14-15,23-24H,8-13,17-19H2,(H,38,39). The Balaban J connectivity index is 1.06. The van der Waals surface area contributed by atoms with Crippen molar-refractivity contribution in [1.82, 2.24) is 19.4 Å². The van der Waals surface area contributed by atoms with Crippen molar-refractivity contribution in [2.75, 3.05) is 19.7 Å². The highest BCUT2D eigenvalue weighted by Gasteiger charge is 2.26. The van der Waals surface area contributed by atoms with E-state index < -0.39 is 11.8 Å². The zero-order chi connectivity index (χ0) is 29.1. The Labute approximate surface area is 246 Å². The number of hydrogen-bond donors (Lipinski definition) is 1. The highest BCUT2D eigenvalue weighted by atomic mass is 32.2. The first-order valence-electron chi connectivity index (χ1n) is 14.0. The number of likely N-dealkylation sites (tertiary alicyclic amines) is 1. The monoisotopic (exact) mass is 587 g/mol. The van der Waals surface area contributed by atoms with Crippen LogP contribution in [0.5, 0.6) is 5.88 Å². The molecule has 0 amide bonds. The first-order valence-corrected chi connectivity index (χ1v) is 14.9. The molecule has 0 bridgehead atoms. The van der Waals surface area contributed by atoms with Crippen molar-refractivity contribution >= 4 is 28.8 Å². The zero-order valence-electron chi connectivity index (χ0n) is 22.9. The average Bonchev–Trinajstić information content (AvgIpc) is 3.31. The van der Waals surface area contributed by atoms with Crippen LogP contribution in [-0.2, 0) is 23.6 Å². The fourth-order valence-electron chi connectivity index (χ4n) is 5.26. The van der Waals surface area contributed by atoms with Crippen molar-refractivity contribution in [1.29, 1.82) is 5.26 Å². The van der Waals surface area contributed by atoms with E-state index in [1.165, 1.54) is 17.8 Å². The number of piperidine rings is 1. The number of hydrogen-bond acceptors (Lipinski definition) is 8. The molecule has 11 heteroatoms. The van der Waals surface area contributed by atoms with Gasteiger partial charge < -0.3 is 19.1 Å². The number of thioether (sulfide) groups is 1. The van der Waals surface area contributed by atoms with E-state index in [-0.39, 0.29) is 17.8 Å². The highest BCUT2D eigenvalue weighted by Crippen LogP contribution is 2.28. The molecule has 2 fully saturated rings. The van der Waals surface area contributed by atoms with Gasteiger partial charge >= 0.3 is 5.97 Å². The molecule has 6 rings (SSSR count). The highest BCUT2D eigenvalue weighted by molar-refractivity contribution is 7.98. The summed E-state index contributed by atoms with van der Waals surface area (Å²) in [6, 6.07) is 17.1. The molecule has 0 aliphatic carbocycles. The number of fused-ring (bicyclic) bond motifs is 1. The third-order valence-corrected chi connectivity index (χ3v) is 8.74. The molecule has 4 aromatic rings. The lowest BCUT2D eigenvalue weighted by molar-refractivity contribution is -0.0592. The molecule has 2 saturated heterocycles. The Morgan fingerprint density at radius 3 is 2.69 bits per heavy atom. The van der Waals surface area contributed by atoms with E-state index in [1.54, 1.807) is 30.3 Å². The molecule has 216 valence electrons. The van der Waals surface area contributed by atoms with Crippen molar-refractivity contribution in [3.05, 3.63) is 83.1 Å². The fraction of sp³-hybridized carbons (Fsp3) is 0.355. The van der Waals surface area contributed by atoms with Crippen LogP contribution in [0.15, 0.2) is 59.5 Å². The summed E-state index contributed by atoms with van der Waals surface area (Å²) in [5.74, 6) is 0.595. The Hall–Kier alpha value is -3.98. The van der Waals surface area contributed by atoms with Crippen molar-refractivity contribution in [3.8, 4) is 11.9 Å². The molecule has 0 radical (unpaired) electrons. The van der Waals surface area contributed by atoms with Crippen LogP contribution in [0, 0.1) is 17.1 Å². The minimum absolute atomic E-state index is 0.0351. The van der Waals surface area contributed by atoms with Gasteiger partial charge in [-0.25, -0.2) is 19.2 Å². The van der Waals surface area contributed by atoms with Crippen molar-refractivity contribution in [3.63, 3.8) is 0 Å². The Kier molecular flexibility index (Phi) is 8.37. The lowest BCUT2D eigenvalue weighted by atomic mass is 10.1. The number of halogens is 1. The molecule has 1 atom stereocenters. The molecule has 2 aromatic carbocycles. The van der Waals surface area contributed by atoms with Crippen LogP contribution >= 0.6 is 11.8 Å². The smallest absolute Gasteiger partial charge is 0.335 e. The summed E-state index contributed by atoms with van der Waals surface area (Å²) in [5.41, 5.74) is 2.95. The Bertz CT molecular complexity index is 1640. The minimum atomic E-state index is -0.952. The lowest BCUT2D eigenvalue weighted by Gasteiger charge is -2.32. The van der Waals surface area contributed by atoms with Gasteiger partial charge in [-0.15, -0.1) is 11.8 Å². The van der Waals surface area contributed by atoms with Gasteiger partial charge in [0.1, 0.15) is 17.7 Å². The van der Waals surface area contributed by atoms with Crippen molar-refractivity contribution in [2.24, 2.45) is 0 Å². The predicted molar refractivity (Wildman–Crippen MR) is 155 cm³/mol. The molecule has 4 heterocycles. The van der Waals surface area contributed by atoms with Gasteiger partial charge in [-0.3, -0.25) is 4.90 Å². The molecule has 0 saturated carbocycles. The normalized spacial score (nSPS) is 17.6. The van der Waals surface area contributed by atoms with E-state index >= 15 is 0 Å². The molecule has 9 nitrogen and oxygen atoms in total. The van der Waals surface area contributed by atoms with Gasteiger partial charge in [0.15, 0.2) is 0 Å². The third kappa shape index (κ3) is 6.41. The number of carboxylic acid groups (broad SMARTS) is 1. The first-order chi connectivity index (χ1) is 20.4. The van der Waals surface area contributed by atoms with E-state index in [1.807, 2.05) is 24.3 Å². The number of aromatic nitrogens is 3. The molecule has 2 aliphatic rings. The van der Waals surface area contributed by atoms with Crippen LogP contribution in [0.3, 0.4) is 0 Å². The van der Waals surface area contributed by atoms with Crippen LogP contribution in [-0.4, -0.2) is 62.4 Å². The van der Waals surface area contributed by atoms with E-state index in [0.29, 0.717) is 35.2 Å². The quantitative estimate of drug-likeness (QED) is 0.248. The number of carbonyl (C=O) groups is 1. The molecular formula is C31H30FN5O4S. The topological polar surface area (TPSA) is 114 Å². The summed E-state index contributed by atoms with van der Waals surface area (Å²) in [6.07, 6.45) is 2.82. The Morgan fingerprint density at radius 1 is 1.14 bits per heavy atom. The summed E-state index contributed by atoms with van der Waals surface area (Å²) in [5, 5.41) is 18.4. The molecular weight excluding hydrogens is 557 g/mol. The number of aromatic carboxylic acids is 1. The number of ether oxygens (including phenoxy) is 2. The summed E-state index contributed by atoms with van der Waals surface area (Å²) >= 11 is 1.33. The maximum atomic E-state index is 14.2. The number of nitrogens with zero attached hydrogens (tertiary/aromatic N) is 5. The van der Waals surface area contributed by atoms with Gasteiger partial charge in [0, 0.05) is 36.4 Å². The van der Waals surface area contributed by atoms with E-state index in [2.05, 4.69) is 14.5 Å². The molecule has 0 spiro atoms. The first kappa shape index (κ1) is 28.2. The van der Waals surface area contributed by atoms with Crippen LogP contribution < -0.4 is 4.74 Å². The van der Waals surface area contributed by atoms with Gasteiger partial charge in [0.2, 0.25) is 5.88 Å². The number of carboxylic acids is 1. The second kappa shape index (κ2) is 12.5. The van der Waals surface area contributed by atoms with Crippen LogP contribution in [0.4, 0.5) is 4.39 Å². The molecule has 2 aliphatic heterocycles. The van der Waals surface area contributed by atoms with Gasteiger partial charge in [-0.2, -0.15) is 5.26 Å². The Morgan fingerprint density at radius 2 is 1.98 bits per heavy atom. The average molecular weight is 588 g/mol. The van der Waals surface area contributed by atoms with Crippen molar-refractivity contribution < 1.29 is 23.8 Å². The van der Waals surface area contributed by atoms with Gasteiger partial charge in [-0.1, -0.05) is 6.07 Å². The number of benzene rings is 2. The second-order valence-corrected chi connectivity index (χ2v) is 11.6. The number of pyridine rings is 1. The van der Waals surface area contributed by atoms with E-state index in [4.69, 9.17) is 19.7 Å². The lowest BCUT2D eigenvalue weighted by Crippen LogP contribution is -2.39. The van der Waals surface area contributed by atoms with Crippen molar-refractivity contribution in [2.45, 2.75) is 55.2 Å². The van der Waals surface area contributed by atoms with Crippen LogP contribution in [0.2, 0.25) is 0 Å². The maximum Gasteiger partial charge on any atom is 0.335 e. The number of imidazole rings is 1. The molecule has 42 heavy (non-hydrogen) atoms. The zero-order valence-corrected chi connectivity index (χ0v) is 23.7. The summed E-state index contributed by atoms with van der Waals surface area (Å²) < 4.78 is 28.3. The maximum absolute atomic E-state index is 14.2. The predicted octanol–water partition coefficient (Wildman–Crippen LogP) is 5.26. The third-order valence-electron chi connectivity index (χ3n) is 7.66. The van der Waals surface area contributed by atoms with E-state index in [0.717, 1.165) is 61.5 Å². The summed E-state index contributed by atoms with van der Waals surface area (Å²) in [6.45, 7) is 3.75. The largest absolute Gasteiger partial charge is 0.478 e. The summed E-state index contributed by atoms with van der Waals surface area (Å²) in [7, 11) is 0. The minimum Gasteiger partial charge on any atom is -0.478 e. The fourth-order valence-corrected chi connectivity index (χ4v) is 6.09. The van der Waals surface area contributed by atoms with Crippen LogP contribution in [0.25, 0.3) is 11.0 Å². The van der Waals surface area contributed by atoms with Crippen LogP contribution in [0.1, 0.15) is 46.7 Å². The number of rotatable bonds is 10. The number of nitriles is 1. The van der Waals surface area contributed by atoms with Gasteiger partial charge in [-0.05, 0) is 61.7 Å². The molecule has 1 N–H and O–H groups in total. The molecule has 1 unspecified atom stereocenters. The second-order valence-electron chi connectivity index (χ2n) is 10.5. The van der Waals surface area contributed by atoms with E-state index in [9.17, 15) is 14.3 Å². The summed E-state index contributed by atoms with van der Waals surface area (Å²) in [4.78, 5) is 23.9. The van der Waals surface area contributed by atoms with Gasteiger partial charge in [0.25, 0.3) is 0 Å². The SMILES string of the molecule is N#Cc1ccc(SCc2cccc(OC3CCN(Cc4nc5ccc(C(=O)O)cc5n4CC4CCO4)CC3)n2)c(F)c1. The van der Waals surface area contributed by atoms with Gasteiger partial charge in [0.05, 0.1) is 53.1 Å².